The highest BCUT2D eigenvalue weighted by Gasteiger charge is 2.08. The van der Waals surface area contributed by atoms with Crippen molar-refractivity contribution >= 4 is 0 Å². The molecule has 0 saturated carbocycles. The first-order valence-electron chi connectivity index (χ1n) is 5.73. The minimum absolute atomic E-state index is 0.228. The Labute approximate surface area is 105 Å². The Morgan fingerprint density at radius 3 is 2.39 bits per heavy atom. The molecule has 2 N–H and O–H groups in total. The highest BCUT2D eigenvalue weighted by Crippen LogP contribution is 2.28. The van der Waals surface area contributed by atoms with Crippen molar-refractivity contribution in [1.29, 1.82) is 0 Å². The molecule has 18 heavy (non-hydrogen) atoms. The number of hydrogen-bond acceptors (Lipinski definition) is 2. The molecule has 0 spiro atoms. The van der Waals surface area contributed by atoms with Crippen molar-refractivity contribution in [3.05, 3.63) is 60.8 Å². The number of rotatable bonds is 2. The standard InChI is InChI=1S/C15H12N2O/c18-14-9-5-4-8-12(14)15-16-10-13(17-15)11-6-2-1-3-7-11/h1-10,18H,(H,16,17). The van der Waals surface area contributed by atoms with Crippen molar-refractivity contribution < 1.29 is 5.11 Å². The lowest BCUT2D eigenvalue weighted by Crippen LogP contribution is -1.81. The first-order chi connectivity index (χ1) is 8.84. The summed E-state index contributed by atoms with van der Waals surface area (Å²) in [6.07, 6.45) is 1.77. The van der Waals surface area contributed by atoms with Crippen LogP contribution in [-0.2, 0) is 0 Å². The summed E-state index contributed by atoms with van der Waals surface area (Å²) in [5, 5.41) is 9.78. The minimum Gasteiger partial charge on any atom is -0.507 e. The predicted molar refractivity (Wildman–Crippen MR) is 71.1 cm³/mol. The molecule has 0 aliphatic carbocycles. The minimum atomic E-state index is 0.228. The predicted octanol–water partition coefficient (Wildman–Crippen LogP) is 3.45. The van der Waals surface area contributed by atoms with Crippen molar-refractivity contribution in [3.63, 3.8) is 0 Å². The van der Waals surface area contributed by atoms with Gasteiger partial charge in [0.25, 0.3) is 0 Å². The summed E-state index contributed by atoms with van der Waals surface area (Å²) in [6, 6.07) is 17.1. The summed E-state index contributed by atoms with van der Waals surface area (Å²) < 4.78 is 0. The summed E-state index contributed by atoms with van der Waals surface area (Å²) in [6.45, 7) is 0. The van der Waals surface area contributed by atoms with Crippen molar-refractivity contribution in [1.82, 2.24) is 9.97 Å². The fourth-order valence-corrected chi connectivity index (χ4v) is 1.90. The largest absolute Gasteiger partial charge is 0.507 e. The van der Waals surface area contributed by atoms with Gasteiger partial charge in [-0.05, 0) is 17.7 Å². The van der Waals surface area contributed by atoms with Gasteiger partial charge >= 0.3 is 0 Å². The van der Waals surface area contributed by atoms with Crippen LogP contribution >= 0.6 is 0 Å². The lowest BCUT2D eigenvalue weighted by molar-refractivity contribution is 0.477. The number of nitrogens with one attached hydrogen (secondary N) is 1. The molecule has 3 rings (SSSR count). The van der Waals surface area contributed by atoms with Crippen LogP contribution in [0.4, 0.5) is 0 Å². The summed E-state index contributed by atoms with van der Waals surface area (Å²) in [5.41, 5.74) is 2.72. The Kier molecular flexibility index (Phi) is 2.57. The number of phenols is 1. The zero-order chi connectivity index (χ0) is 12.4. The summed E-state index contributed by atoms with van der Waals surface area (Å²) >= 11 is 0. The van der Waals surface area contributed by atoms with Crippen LogP contribution in [0.5, 0.6) is 5.75 Å². The zero-order valence-electron chi connectivity index (χ0n) is 9.67. The number of hydrogen-bond donors (Lipinski definition) is 2. The van der Waals surface area contributed by atoms with Gasteiger partial charge in [0, 0.05) is 0 Å². The first-order valence-corrected chi connectivity index (χ1v) is 5.73. The van der Waals surface area contributed by atoms with Gasteiger partial charge in [-0.2, -0.15) is 0 Å². The van der Waals surface area contributed by atoms with E-state index in [4.69, 9.17) is 0 Å². The summed E-state index contributed by atoms with van der Waals surface area (Å²) in [7, 11) is 0. The highest BCUT2D eigenvalue weighted by molar-refractivity contribution is 5.68. The van der Waals surface area contributed by atoms with Crippen LogP contribution in [0.1, 0.15) is 0 Å². The van der Waals surface area contributed by atoms with E-state index in [9.17, 15) is 5.11 Å². The molecule has 3 heteroatoms. The Morgan fingerprint density at radius 2 is 1.61 bits per heavy atom. The molecule has 0 saturated heterocycles. The van der Waals surface area contributed by atoms with Crippen LogP contribution in [0.15, 0.2) is 60.8 Å². The molecule has 0 aliphatic rings. The molecule has 1 aromatic heterocycles. The third kappa shape index (κ3) is 1.86. The van der Waals surface area contributed by atoms with Crippen LogP contribution in [-0.4, -0.2) is 15.1 Å². The van der Waals surface area contributed by atoms with E-state index in [-0.39, 0.29) is 5.75 Å². The van der Waals surface area contributed by atoms with E-state index in [2.05, 4.69) is 9.97 Å². The second-order valence-electron chi connectivity index (χ2n) is 4.03. The van der Waals surface area contributed by atoms with E-state index >= 15 is 0 Å². The van der Waals surface area contributed by atoms with Gasteiger partial charge in [0.15, 0.2) is 0 Å². The number of nitrogens with zero attached hydrogens (tertiary/aromatic N) is 1. The number of phenolic OH excluding ortho intramolecular Hbond substituents is 1. The van der Waals surface area contributed by atoms with Gasteiger partial charge in [-0.1, -0.05) is 42.5 Å². The third-order valence-electron chi connectivity index (χ3n) is 2.82. The van der Waals surface area contributed by atoms with Crippen molar-refractivity contribution in [2.24, 2.45) is 0 Å². The summed E-state index contributed by atoms with van der Waals surface area (Å²) in [4.78, 5) is 7.52. The van der Waals surface area contributed by atoms with Gasteiger partial charge < -0.3 is 10.1 Å². The van der Waals surface area contributed by atoms with Crippen molar-refractivity contribution in [2.45, 2.75) is 0 Å². The SMILES string of the molecule is Oc1ccccc1-c1ncc(-c2ccccc2)[nH]1. The Hall–Kier alpha value is -2.55. The third-order valence-corrected chi connectivity index (χ3v) is 2.82. The molecule has 0 atom stereocenters. The van der Waals surface area contributed by atoms with Crippen LogP contribution in [0.25, 0.3) is 22.6 Å². The average Bonchev–Trinajstić information content (AvgIpc) is 2.90. The van der Waals surface area contributed by atoms with E-state index in [0.29, 0.717) is 11.4 Å². The van der Waals surface area contributed by atoms with Gasteiger partial charge in [-0.25, -0.2) is 4.98 Å². The van der Waals surface area contributed by atoms with E-state index < -0.39 is 0 Å². The van der Waals surface area contributed by atoms with E-state index in [1.54, 1.807) is 18.3 Å². The Balaban J connectivity index is 2.03. The maximum Gasteiger partial charge on any atom is 0.141 e. The lowest BCUT2D eigenvalue weighted by Gasteiger charge is -2.00. The van der Waals surface area contributed by atoms with Gasteiger partial charge in [0.2, 0.25) is 0 Å². The number of aromatic nitrogens is 2. The number of benzene rings is 2. The fraction of sp³-hybridized carbons (Fsp3) is 0. The van der Waals surface area contributed by atoms with E-state index in [0.717, 1.165) is 11.3 Å². The summed E-state index contributed by atoms with van der Waals surface area (Å²) in [5.74, 6) is 0.901. The molecule has 0 fully saturated rings. The molecule has 88 valence electrons. The average molecular weight is 236 g/mol. The molecule has 2 aromatic carbocycles. The Morgan fingerprint density at radius 1 is 0.889 bits per heavy atom. The number of para-hydroxylation sites is 1. The second-order valence-corrected chi connectivity index (χ2v) is 4.03. The van der Waals surface area contributed by atoms with Gasteiger partial charge in [-0.3, -0.25) is 0 Å². The fourth-order valence-electron chi connectivity index (χ4n) is 1.90. The number of aromatic amines is 1. The van der Waals surface area contributed by atoms with Crippen molar-refractivity contribution in [2.75, 3.05) is 0 Å². The van der Waals surface area contributed by atoms with Gasteiger partial charge in [0.05, 0.1) is 17.5 Å². The smallest absolute Gasteiger partial charge is 0.141 e. The normalized spacial score (nSPS) is 10.4. The quantitative estimate of drug-likeness (QED) is 0.716. The number of H-pyrrole nitrogens is 1. The second kappa shape index (κ2) is 4.37. The van der Waals surface area contributed by atoms with Crippen LogP contribution in [0.3, 0.4) is 0 Å². The van der Waals surface area contributed by atoms with Crippen LogP contribution in [0.2, 0.25) is 0 Å². The molecular weight excluding hydrogens is 224 g/mol. The van der Waals surface area contributed by atoms with E-state index in [1.165, 1.54) is 0 Å². The van der Waals surface area contributed by atoms with Crippen LogP contribution in [0, 0.1) is 0 Å². The molecule has 0 amide bonds. The molecule has 3 nitrogen and oxygen atoms in total. The first kappa shape index (κ1) is 10.6. The monoisotopic (exact) mass is 236 g/mol. The molecule has 1 heterocycles. The molecule has 0 unspecified atom stereocenters. The topological polar surface area (TPSA) is 48.9 Å². The maximum atomic E-state index is 9.78. The highest BCUT2D eigenvalue weighted by atomic mass is 16.3. The van der Waals surface area contributed by atoms with Crippen molar-refractivity contribution in [3.8, 4) is 28.4 Å². The molecular formula is C15H12N2O. The van der Waals surface area contributed by atoms with Gasteiger partial charge in [0.1, 0.15) is 11.6 Å². The molecule has 0 bridgehead atoms. The van der Waals surface area contributed by atoms with Crippen LogP contribution < -0.4 is 0 Å². The molecule has 3 aromatic rings. The van der Waals surface area contributed by atoms with E-state index in [1.807, 2.05) is 42.5 Å². The van der Waals surface area contributed by atoms with Gasteiger partial charge in [-0.15, -0.1) is 0 Å². The number of aromatic hydroxyl groups is 1. The molecule has 0 radical (unpaired) electrons. The zero-order valence-corrected chi connectivity index (χ0v) is 9.67. The number of imidazole rings is 1. The Bertz CT molecular complexity index is 659. The molecule has 0 aliphatic heterocycles. The maximum absolute atomic E-state index is 9.78. The lowest BCUT2D eigenvalue weighted by atomic mass is 10.2.